The molecular formula is C82H145NO18. The lowest BCUT2D eigenvalue weighted by Gasteiger charge is -2.48. The summed E-state index contributed by atoms with van der Waals surface area (Å²) < 4.78 is 34.5. The number of rotatable bonds is 63. The predicted octanol–water partition coefficient (Wildman–Crippen LogP) is 13.4. The Morgan fingerprint density at radius 2 is 0.683 bits per heavy atom. The molecule has 0 spiro atoms. The van der Waals surface area contributed by atoms with Crippen LogP contribution in [0.3, 0.4) is 0 Å². The fraction of sp³-hybridized carbons (Fsp3) is 0.817. The second-order valence-corrected chi connectivity index (χ2v) is 28.5. The van der Waals surface area contributed by atoms with Crippen LogP contribution in [0.2, 0.25) is 0 Å². The summed E-state index contributed by atoms with van der Waals surface area (Å²) in [6.45, 7) is 1.65. The van der Waals surface area contributed by atoms with Gasteiger partial charge in [0.25, 0.3) is 0 Å². The zero-order chi connectivity index (χ0) is 73.2. The monoisotopic (exact) mass is 1430 g/mol. The van der Waals surface area contributed by atoms with Crippen LogP contribution in [-0.4, -0.2) is 193 Å². The van der Waals surface area contributed by atoms with Crippen molar-refractivity contribution in [3.8, 4) is 0 Å². The lowest BCUT2D eigenvalue weighted by Crippen LogP contribution is -2.66. The number of hydrogen-bond donors (Lipinski definition) is 12. The molecule has 3 aliphatic rings. The van der Waals surface area contributed by atoms with E-state index in [-0.39, 0.29) is 18.9 Å². The van der Waals surface area contributed by atoms with E-state index in [0.717, 1.165) is 96.3 Å². The molecular weight excluding hydrogens is 1290 g/mol. The maximum absolute atomic E-state index is 13.5. The normalized spacial score (nSPS) is 26.8. The minimum absolute atomic E-state index is 0.237. The van der Waals surface area contributed by atoms with Crippen molar-refractivity contribution >= 4 is 5.91 Å². The van der Waals surface area contributed by atoms with Crippen LogP contribution in [0.4, 0.5) is 0 Å². The smallest absolute Gasteiger partial charge is 0.220 e. The van der Waals surface area contributed by atoms with Gasteiger partial charge in [0, 0.05) is 6.42 Å². The molecule has 3 heterocycles. The number of hydrogen-bond acceptors (Lipinski definition) is 18. The highest BCUT2D eigenvalue weighted by atomic mass is 16.8. The molecule has 19 heteroatoms. The highest BCUT2D eigenvalue weighted by Crippen LogP contribution is 2.33. The number of ether oxygens (including phenoxy) is 6. The average molecular weight is 1430 g/mol. The fourth-order valence-corrected chi connectivity index (χ4v) is 13.3. The number of nitrogens with one attached hydrogen (secondary N) is 1. The lowest BCUT2D eigenvalue weighted by molar-refractivity contribution is -0.379. The van der Waals surface area contributed by atoms with Crippen molar-refractivity contribution in [1.29, 1.82) is 0 Å². The van der Waals surface area contributed by atoms with Gasteiger partial charge in [-0.2, -0.15) is 0 Å². The van der Waals surface area contributed by atoms with Crippen molar-refractivity contribution in [3.63, 3.8) is 0 Å². The Morgan fingerprint density at radius 3 is 1.07 bits per heavy atom. The zero-order valence-corrected chi connectivity index (χ0v) is 62.6. The molecule has 0 aromatic rings. The summed E-state index contributed by atoms with van der Waals surface area (Å²) in [6.07, 6.45) is 55.5. The molecule has 0 bridgehead atoms. The third-order valence-corrected chi connectivity index (χ3v) is 19.7. The van der Waals surface area contributed by atoms with E-state index >= 15 is 0 Å². The van der Waals surface area contributed by atoms with Gasteiger partial charge in [0.1, 0.15) is 73.2 Å². The first-order valence-corrected chi connectivity index (χ1v) is 40.3. The lowest BCUT2D eigenvalue weighted by atomic mass is 9.96. The number of unbranched alkanes of at least 4 members (excludes halogenated alkanes) is 35. The highest BCUT2D eigenvalue weighted by molar-refractivity contribution is 5.76. The van der Waals surface area contributed by atoms with Crippen molar-refractivity contribution in [2.45, 2.75) is 401 Å². The summed E-state index contributed by atoms with van der Waals surface area (Å²) in [5, 5.41) is 121. The molecule has 17 unspecified atom stereocenters. The summed E-state index contributed by atoms with van der Waals surface area (Å²) in [6, 6.07) is -0.981. The summed E-state index contributed by atoms with van der Waals surface area (Å²) in [5.74, 6) is -0.277. The number of aliphatic hydroxyl groups is 11. The van der Waals surface area contributed by atoms with E-state index in [1.54, 1.807) is 6.08 Å². The minimum Gasteiger partial charge on any atom is -0.394 e. The van der Waals surface area contributed by atoms with Gasteiger partial charge in [-0.1, -0.05) is 304 Å². The average Bonchev–Trinajstić information content (AvgIpc) is 0.792. The van der Waals surface area contributed by atoms with Crippen LogP contribution in [0.1, 0.15) is 296 Å². The van der Waals surface area contributed by atoms with Crippen molar-refractivity contribution in [2.24, 2.45) is 0 Å². The number of amides is 1. The molecule has 0 aliphatic carbocycles. The Bertz CT molecular complexity index is 2150. The Kier molecular flexibility index (Phi) is 56.6. The topological polar surface area (TPSA) is 307 Å². The molecule has 3 aliphatic heterocycles. The van der Waals surface area contributed by atoms with Crippen LogP contribution >= 0.6 is 0 Å². The standard InChI is InChI=1S/C82H145NO18/c1-3-5-7-9-11-13-15-17-19-21-23-25-27-29-30-31-32-33-34-36-38-40-42-44-46-48-50-52-54-56-58-60-70(88)83-65(66(87)59-57-55-53-51-49-47-45-43-41-39-37-35-28-26-24-22-20-18-16-14-12-10-8-6-4-2)64-96-80-76(94)73(91)78(68(62-85)98-80)101-82-77(95)74(92)79(69(63-86)99-82)100-81-75(93)72(90)71(89)67(61-84)97-81/h5,7,11,13,17,19,23,25,29-30,32-33,57,59,65-69,71-82,84-87,89-95H,3-4,6,8-10,12,14-16,18,20-22,24,26-28,31,34-56,58,60-64H2,1-2H3,(H,83,88)/b7-5-,13-11-,19-17-,25-23-,30-29-,33-32-,59-57+. The molecule has 1 amide bonds. The van der Waals surface area contributed by atoms with Gasteiger partial charge in [-0.3, -0.25) is 4.79 Å². The van der Waals surface area contributed by atoms with E-state index in [1.165, 1.54) is 173 Å². The summed E-state index contributed by atoms with van der Waals surface area (Å²) >= 11 is 0. The third-order valence-electron chi connectivity index (χ3n) is 19.7. The summed E-state index contributed by atoms with van der Waals surface area (Å²) in [4.78, 5) is 13.5. The van der Waals surface area contributed by atoms with E-state index < -0.39 is 124 Å². The maximum atomic E-state index is 13.5. The van der Waals surface area contributed by atoms with Crippen LogP contribution in [0.5, 0.6) is 0 Å². The number of aliphatic hydroxyl groups excluding tert-OH is 11. The first-order valence-electron chi connectivity index (χ1n) is 40.3. The molecule has 586 valence electrons. The molecule has 3 saturated heterocycles. The Morgan fingerprint density at radius 1 is 0.366 bits per heavy atom. The Balaban J connectivity index is 1.38. The Hall–Kier alpha value is -3.03. The predicted molar refractivity (Wildman–Crippen MR) is 401 cm³/mol. The molecule has 0 aromatic carbocycles. The van der Waals surface area contributed by atoms with Crippen LogP contribution in [0.15, 0.2) is 85.1 Å². The van der Waals surface area contributed by atoms with E-state index in [9.17, 15) is 61.0 Å². The largest absolute Gasteiger partial charge is 0.394 e. The molecule has 19 nitrogen and oxygen atoms in total. The van der Waals surface area contributed by atoms with Crippen LogP contribution in [-0.2, 0) is 33.2 Å². The van der Waals surface area contributed by atoms with Gasteiger partial charge >= 0.3 is 0 Å². The van der Waals surface area contributed by atoms with Crippen LogP contribution < -0.4 is 5.32 Å². The van der Waals surface area contributed by atoms with Gasteiger partial charge < -0.3 is 89.9 Å². The van der Waals surface area contributed by atoms with Gasteiger partial charge in [0.2, 0.25) is 5.91 Å². The van der Waals surface area contributed by atoms with Crippen molar-refractivity contribution in [3.05, 3.63) is 85.1 Å². The SMILES string of the molecule is CC/C=C\C/C=C\C/C=C\C/C=C\C/C=C\C/C=C\CCCCCCCCCCCCCCC(=O)NC(COC1OC(CO)C(OC2OC(CO)C(OC3OC(CO)C(O)C(O)C3O)C(O)C2O)C(O)C1O)C(O)/C=C/CCCCCCCCCCCCCCCCCCCCCCCCC. The molecule has 0 aromatic heterocycles. The number of carbonyl (C=O) groups excluding carboxylic acids is 1. The van der Waals surface area contributed by atoms with Gasteiger partial charge in [-0.05, 0) is 70.6 Å². The molecule has 3 rings (SSSR count). The summed E-state index contributed by atoms with van der Waals surface area (Å²) in [7, 11) is 0. The van der Waals surface area contributed by atoms with Crippen LogP contribution in [0.25, 0.3) is 0 Å². The van der Waals surface area contributed by atoms with Crippen molar-refractivity contribution < 1.29 is 89.4 Å². The van der Waals surface area contributed by atoms with Gasteiger partial charge in [-0.25, -0.2) is 0 Å². The number of allylic oxidation sites excluding steroid dienone is 13. The van der Waals surface area contributed by atoms with Gasteiger partial charge in [0.15, 0.2) is 18.9 Å². The first kappa shape index (κ1) is 92.2. The van der Waals surface area contributed by atoms with E-state index in [0.29, 0.717) is 6.42 Å². The van der Waals surface area contributed by atoms with Crippen molar-refractivity contribution in [2.75, 3.05) is 26.4 Å². The van der Waals surface area contributed by atoms with Crippen molar-refractivity contribution in [1.82, 2.24) is 5.32 Å². The van der Waals surface area contributed by atoms with Crippen LogP contribution in [0, 0.1) is 0 Å². The van der Waals surface area contributed by atoms with E-state index in [1.807, 2.05) is 6.08 Å². The summed E-state index contributed by atoms with van der Waals surface area (Å²) in [5.41, 5.74) is 0. The Labute approximate surface area is 610 Å². The molecule has 0 radical (unpaired) electrons. The van der Waals surface area contributed by atoms with Gasteiger partial charge in [0.05, 0.1) is 38.6 Å². The second kappa shape index (κ2) is 62.1. The maximum Gasteiger partial charge on any atom is 0.220 e. The van der Waals surface area contributed by atoms with Gasteiger partial charge in [-0.15, -0.1) is 0 Å². The third kappa shape index (κ3) is 42.2. The molecule has 12 N–H and O–H groups in total. The highest BCUT2D eigenvalue weighted by Gasteiger charge is 2.54. The molecule has 101 heavy (non-hydrogen) atoms. The quantitative estimate of drug-likeness (QED) is 0.0199. The zero-order valence-electron chi connectivity index (χ0n) is 62.6. The first-order chi connectivity index (χ1) is 49.3. The van der Waals surface area contributed by atoms with E-state index in [2.05, 4.69) is 92.1 Å². The minimum atomic E-state index is -1.98. The fourth-order valence-electron chi connectivity index (χ4n) is 13.3. The number of carbonyl (C=O) groups is 1. The molecule has 17 atom stereocenters. The second-order valence-electron chi connectivity index (χ2n) is 28.5. The molecule has 0 saturated carbocycles. The molecule has 3 fully saturated rings. The van der Waals surface area contributed by atoms with E-state index in [4.69, 9.17) is 28.4 Å².